The lowest BCUT2D eigenvalue weighted by molar-refractivity contribution is -0.141. The number of amides is 1. The van der Waals surface area contributed by atoms with Gasteiger partial charge in [-0.2, -0.15) is 0 Å². The van der Waals surface area contributed by atoms with Crippen LogP contribution in [0.2, 0.25) is 0 Å². The van der Waals surface area contributed by atoms with E-state index in [0.29, 0.717) is 17.9 Å². The molecule has 1 aliphatic heterocycles. The van der Waals surface area contributed by atoms with E-state index in [-0.39, 0.29) is 6.04 Å². The molecule has 3 heteroatoms. The molecule has 1 saturated heterocycles. The molecule has 0 aromatic heterocycles. The lowest BCUT2D eigenvalue weighted by atomic mass is 9.76. The third kappa shape index (κ3) is 3.31. The molecule has 19 heavy (non-hydrogen) atoms. The van der Waals surface area contributed by atoms with Gasteiger partial charge in [0.15, 0.2) is 0 Å². The Morgan fingerprint density at radius 2 is 2.00 bits per heavy atom. The van der Waals surface area contributed by atoms with E-state index in [0.717, 1.165) is 38.3 Å². The summed E-state index contributed by atoms with van der Waals surface area (Å²) in [7, 11) is 0. The van der Waals surface area contributed by atoms with Crippen LogP contribution in [0.1, 0.15) is 59.3 Å². The second-order valence-corrected chi connectivity index (χ2v) is 6.52. The zero-order chi connectivity index (χ0) is 13.8. The molecule has 0 aromatic carbocycles. The van der Waals surface area contributed by atoms with Crippen molar-refractivity contribution < 1.29 is 4.79 Å². The van der Waals surface area contributed by atoms with Crippen molar-refractivity contribution in [2.24, 2.45) is 11.8 Å². The van der Waals surface area contributed by atoms with Crippen molar-refractivity contribution in [3.8, 4) is 0 Å². The summed E-state index contributed by atoms with van der Waals surface area (Å²) in [4.78, 5) is 14.9. The third-order valence-electron chi connectivity index (χ3n) is 5.18. The van der Waals surface area contributed by atoms with Crippen molar-refractivity contribution in [1.29, 1.82) is 0 Å². The second-order valence-electron chi connectivity index (χ2n) is 6.52. The molecule has 1 N–H and O–H groups in total. The number of rotatable bonds is 4. The highest BCUT2D eigenvalue weighted by Crippen LogP contribution is 2.34. The van der Waals surface area contributed by atoms with E-state index in [4.69, 9.17) is 0 Å². The number of carbonyl (C=O) groups excluding carboxylic acids is 1. The largest absolute Gasteiger partial charge is 0.338 e. The Hall–Kier alpha value is -0.570. The lowest BCUT2D eigenvalue weighted by Gasteiger charge is -2.45. The average Bonchev–Trinajstić information content (AvgIpc) is 2.41. The summed E-state index contributed by atoms with van der Waals surface area (Å²) in [6.07, 6.45) is 7.10. The summed E-state index contributed by atoms with van der Waals surface area (Å²) in [5.41, 5.74) is 0. The van der Waals surface area contributed by atoms with Gasteiger partial charge >= 0.3 is 0 Å². The monoisotopic (exact) mass is 266 g/mol. The first-order chi connectivity index (χ1) is 9.15. The summed E-state index contributed by atoms with van der Waals surface area (Å²) in [5.74, 6) is 1.78. The minimum absolute atomic E-state index is 0.0816. The molecule has 1 heterocycles. The molecule has 2 aliphatic rings. The molecule has 1 saturated carbocycles. The normalized spacial score (nSPS) is 36.6. The zero-order valence-corrected chi connectivity index (χ0v) is 12.8. The highest BCUT2D eigenvalue weighted by atomic mass is 16.2. The predicted molar refractivity (Wildman–Crippen MR) is 79.0 cm³/mol. The number of carbonyl (C=O) groups is 1. The van der Waals surface area contributed by atoms with Gasteiger partial charge < -0.3 is 10.2 Å². The first kappa shape index (κ1) is 14.8. The van der Waals surface area contributed by atoms with Crippen molar-refractivity contribution in [3.63, 3.8) is 0 Å². The van der Waals surface area contributed by atoms with Crippen LogP contribution >= 0.6 is 0 Å². The van der Waals surface area contributed by atoms with E-state index < -0.39 is 0 Å². The van der Waals surface area contributed by atoms with Gasteiger partial charge in [-0.3, -0.25) is 4.79 Å². The van der Waals surface area contributed by atoms with Crippen LogP contribution in [0.25, 0.3) is 0 Å². The molecule has 1 amide bonds. The Morgan fingerprint density at radius 3 is 2.74 bits per heavy atom. The van der Waals surface area contributed by atoms with Gasteiger partial charge in [-0.15, -0.1) is 0 Å². The number of hydrogen-bond acceptors (Lipinski definition) is 2. The molecule has 0 aromatic rings. The number of likely N-dealkylation sites (tertiary alicyclic amines) is 1. The minimum Gasteiger partial charge on any atom is -0.338 e. The van der Waals surface area contributed by atoms with Crippen molar-refractivity contribution in [1.82, 2.24) is 10.2 Å². The fourth-order valence-electron chi connectivity index (χ4n) is 3.73. The van der Waals surface area contributed by atoms with Crippen molar-refractivity contribution >= 4 is 5.91 Å². The fourth-order valence-corrected chi connectivity index (χ4v) is 3.73. The lowest BCUT2D eigenvalue weighted by Crippen LogP contribution is -2.56. The highest BCUT2D eigenvalue weighted by molar-refractivity contribution is 5.83. The Morgan fingerprint density at radius 1 is 1.21 bits per heavy atom. The van der Waals surface area contributed by atoms with E-state index >= 15 is 0 Å². The first-order valence-electron chi connectivity index (χ1n) is 8.19. The van der Waals surface area contributed by atoms with E-state index in [1.807, 2.05) is 0 Å². The molecular weight excluding hydrogens is 236 g/mol. The summed E-state index contributed by atoms with van der Waals surface area (Å²) in [6.45, 7) is 8.78. The van der Waals surface area contributed by atoms with Gasteiger partial charge in [0.1, 0.15) is 0 Å². The SMILES string of the molecule is CCCNC1CCCN(C2CCCC(C)C2C)C1=O. The molecule has 2 fully saturated rings. The molecule has 2 rings (SSSR count). The van der Waals surface area contributed by atoms with E-state index in [1.165, 1.54) is 19.3 Å². The molecule has 1 aliphatic carbocycles. The van der Waals surface area contributed by atoms with Crippen molar-refractivity contribution in [2.75, 3.05) is 13.1 Å². The molecule has 0 radical (unpaired) electrons. The van der Waals surface area contributed by atoms with Gasteiger partial charge in [-0.1, -0.05) is 33.6 Å². The standard InChI is InChI=1S/C16H30N2O/c1-4-10-17-14-8-6-11-18(16(14)19)15-9-5-7-12(2)13(15)3/h12-15,17H,4-11H2,1-3H3. The summed E-state index contributed by atoms with van der Waals surface area (Å²) in [5, 5.41) is 3.42. The first-order valence-corrected chi connectivity index (χ1v) is 8.19. The molecule has 0 bridgehead atoms. The fraction of sp³-hybridized carbons (Fsp3) is 0.938. The van der Waals surface area contributed by atoms with Crippen LogP contribution in [-0.4, -0.2) is 36.0 Å². The minimum atomic E-state index is 0.0816. The van der Waals surface area contributed by atoms with Gasteiger partial charge in [-0.05, 0) is 44.1 Å². The van der Waals surface area contributed by atoms with Crippen LogP contribution in [0.5, 0.6) is 0 Å². The Labute approximate surface area is 118 Å². The maximum Gasteiger partial charge on any atom is 0.239 e. The van der Waals surface area contributed by atoms with Crippen LogP contribution in [0, 0.1) is 11.8 Å². The number of piperidine rings is 1. The molecule has 110 valence electrons. The van der Waals surface area contributed by atoms with E-state index in [2.05, 4.69) is 31.0 Å². The topological polar surface area (TPSA) is 32.3 Å². The predicted octanol–water partition coefficient (Wildman–Crippen LogP) is 2.80. The molecule has 3 nitrogen and oxygen atoms in total. The summed E-state index contributed by atoms with van der Waals surface area (Å²) >= 11 is 0. The molecular formula is C16H30N2O. The zero-order valence-electron chi connectivity index (χ0n) is 12.8. The summed E-state index contributed by atoms with van der Waals surface area (Å²) in [6, 6.07) is 0.570. The maximum absolute atomic E-state index is 12.6. The van der Waals surface area contributed by atoms with Crippen LogP contribution in [0.3, 0.4) is 0 Å². The van der Waals surface area contributed by atoms with Crippen molar-refractivity contribution in [2.45, 2.75) is 71.4 Å². The van der Waals surface area contributed by atoms with Crippen LogP contribution < -0.4 is 5.32 Å². The molecule has 0 spiro atoms. The van der Waals surface area contributed by atoms with Crippen LogP contribution in [0.15, 0.2) is 0 Å². The maximum atomic E-state index is 12.6. The molecule has 4 unspecified atom stereocenters. The van der Waals surface area contributed by atoms with Gasteiger partial charge in [0.2, 0.25) is 5.91 Å². The molecule has 4 atom stereocenters. The quantitative estimate of drug-likeness (QED) is 0.848. The summed E-state index contributed by atoms with van der Waals surface area (Å²) < 4.78 is 0. The number of nitrogens with zero attached hydrogens (tertiary/aromatic N) is 1. The van der Waals surface area contributed by atoms with Gasteiger partial charge in [0, 0.05) is 12.6 Å². The number of hydrogen-bond donors (Lipinski definition) is 1. The van der Waals surface area contributed by atoms with Crippen molar-refractivity contribution in [3.05, 3.63) is 0 Å². The second kappa shape index (κ2) is 6.74. The van der Waals surface area contributed by atoms with Gasteiger partial charge in [0.25, 0.3) is 0 Å². The van der Waals surface area contributed by atoms with Gasteiger partial charge in [-0.25, -0.2) is 0 Å². The Bertz CT molecular complexity index is 305. The van der Waals surface area contributed by atoms with Crippen LogP contribution in [0.4, 0.5) is 0 Å². The average molecular weight is 266 g/mol. The highest BCUT2D eigenvalue weighted by Gasteiger charge is 2.37. The smallest absolute Gasteiger partial charge is 0.239 e. The Balaban J connectivity index is 2.00. The van der Waals surface area contributed by atoms with E-state index in [1.54, 1.807) is 0 Å². The van der Waals surface area contributed by atoms with E-state index in [9.17, 15) is 4.79 Å². The number of nitrogens with one attached hydrogen (secondary N) is 1. The van der Waals surface area contributed by atoms with Gasteiger partial charge in [0.05, 0.1) is 6.04 Å². The van der Waals surface area contributed by atoms with Crippen LogP contribution in [-0.2, 0) is 4.79 Å². The third-order valence-corrected chi connectivity index (χ3v) is 5.18. The Kier molecular flexibility index (Phi) is 5.26.